The lowest BCUT2D eigenvalue weighted by Crippen LogP contribution is -2.35. The van der Waals surface area contributed by atoms with E-state index in [0.717, 1.165) is 38.0 Å². The number of amides is 1. The molecule has 2 aromatic rings. The van der Waals surface area contributed by atoms with Crippen molar-refractivity contribution in [2.24, 2.45) is 0 Å². The molecule has 0 radical (unpaired) electrons. The van der Waals surface area contributed by atoms with Crippen molar-refractivity contribution >= 4 is 5.91 Å². The zero-order chi connectivity index (χ0) is 21.5. The Hall–Kier alpha value is -2.77. The van der Waals surface area contributed by atoms with Gasteiger partial charge in [0, 0.05) is 31.7 Å². The van der Waals surface area contributed by atoms with Crippen LogP contribution < -0.4 is 19.5 Å². The van der Waals surface area contributed by atoms with Gasteiger partial charge in [0.25, 0.3) is 5.91 Å². The number of piperidine rings is 1. The monoisotopic (exact) mass is 414 g/mol. The van der Waals surface area contributed by atoms with Gasteiger partial charge in [0.2, 0.25) is 5.75 Å². The number of rotatable bonds is 8. The van der Waals surface area contributed by atoms with Crippen molar-refractivity contribution < 1.29 is 24.1 Å². The summed E-state index contributed by atoms with van der Waals surface area (Å²) in [6, 6.07) is 11.5. The van der Waals surface area contributed by atoms with Crippen molar-refractivity contribution in [2.75, 3.05) is 34.4 Å². The van der Waals surface area contributed by atoms with Crippen LogP contribution in [0.3, 0.4) is 0 Å². The number of ether oxygens (including phenoxy) is 3. The van der Waals surface area contributed by atoms with Crippen molar-refractivity contribution in [3.63, 3.8) is 0 Å². The van der Waals surface area contributed by atoms with Crippen LogP contribution in [0, 0.1) is 0 Å². The van der Waals surface area contributed by atoms with E-state index in [9.17, 15) is 9.90 Å². The number of carbonyl (C=O) groups is 1. The van der Waals surface area contributed by atoms with Gasteiger partial charge in [0.15, 0.2) is 11.5 Å². The molecule has 0 atom stereocenters. The smallest absolute Gasteiger partial charge is 0.251 e. The van der Waals surface area contributed by atoms with E-state index in [1.54, 1.807) is 12.1 Å². The number of hydrogen-bond acceptors (Lipinski definition) is 6. The van der Waals surface area contributed by atoms with Gasteiger partial charge in [-0.15, -0.1) is 0 Å². The molecule has 1 aliphatic rings. The van der Waals surface area contributed by atoms with E-state index in [-0.39, 0.29) is 12.0 Å². The highest BCUT2D eigenvalue weighted by molar-refractivity contribution is 5.95. The van der Waals surface area contributed by atoms with Crippen molar-refractivity contribution in [3.05, 3.63) is 53.1 Å². The van der Waals surface area contributed by atoms with E-state index in [1.807, 2.05) is 12.1 Å². The van der Waals surface area contributed by atoms with Crippen LogP contribution in [0.4, 0.5) is 0 Å². The molecule has 0 spiro atoms. The van der Waals surface area contributed by atoms with Gasteiger partial charge in [-0.05, 0) is 36.1 Å². The molecule has 1 heterocycles. The first-order valence-corrected chi connectivity index (χ1v) is 10.1. The standard InChI is InChI=1S/C23H30N2O5/c1-28-20-12-18(13-21(29-2)22(20)30-3)23(27)24-14-16-4-6-17(7-5-16)15-25-10-8-19(26)9-11-25/h4-7,12-13,19,26H,8-11,14-15H2,1-3H3,(H,24,27). The third kappa shape index (κ3) is 5.43. The molecule has 1 fully saturated rings. The summed E-state index contributed by atoms with van der Waals surface area (Å²) >= 11 is 0. The molecule has 162 valence electrons. The van der Waals surface area contributed by atoms with Gasteiger partial charge >= 0.3 is 0 Å². The first kappa shape index (κ1) is 21.9. The fraction of sp³-hybridized carbons (Fsp3) is 0.435. The van der Waals surface area contributed by atoms with Gasteiger partial charge in [-0.2, -0.15) is 0 Å². The molecule has 1 amide bonds. The van der Waals surface area contributed by atoms with E-state index in [2.05, 4.69) is 22.3 Å². The minimum absolute atomic E-state index is 0.155. The third-order valence-electron chi connectivity index (χ3n) is 5.37. The second-order valence-corrected chi connectivity index (χ2v) is 7.42. The van der Waals surface area contributed by atoms with E-state index in [0.29, 0.717) is 29.4 Å². The Morgan fingerprint density at radius 3 is 2.10 bits per heavy atom. The number of hydrogen-bond donors (Lipinski definition) is 2. The Morgan fingerprint density at radius 1 is 1.00 bits per heavy atom. The molecule has 2 aromatic carbocycles. The topological polar surface area (TPSA) is 80.3 Å². The molecule has 0 bridgehead atoms. The summed E-state index contributed by atoms with van der Waals surface area (Å²) in [5.74, 6) is 1.12. The van der Waals surface area contributed by atoms with Gasteiger partial charge in [-0.1, -0.05) is 24.3 Å². The van der Waals surface area contributed by atoms with Crippen molar-refractivity contribution in [1.29, 1.82) is 0 Å². The highest BCUT2D eigenvalue weighted by atomic mass is 16.5. The molecule has 0 aromatic heterocycles. The van der Waals surface area contributed by atoms with Gasteiger partial charge in [-0.25, -0.2) is 0 Å². The third-order valence-corrected chi connectivity index (χ3v) is 5.37. The number of nitrogens with zero attached hydrogens (tertiary/aromatic N) is 1. The lowest BCUT2D eigenvalue weighted by atomic mass is 10.1. The van der Waals surface area contributed by atoms with E-state index in [4.69, 9.17) is 14.2 Å². The van der Waals surface area contributed by atoms with Gasteiger partial charge < -0.3 is 24.6 Å². The molecule has 7 heteroatoms. The van der Waals surface area contributed by atoms with Crippen LogP contribution in [0.5, 0.6) is 17.2 Å². The summed E-state index contributed by atoms with van der Waals surface area (Å²) in [6.45, 7) is 3.15. The first-order valence-electron chi connectivity index (χ1n) is 10.1. The summed E-state index contributed by atoms with van der Waals surface area (Å²) < 4.78 is 15.9. The Kier molecular flexibility index (Phi) is 7.54. The van der Waals surface area contributed by atoms with Crippen LogP contribution in [0.25, 0.3) is 0 Å². The minimum Gasteiger partial charge on any atom is -0.493 e. The molecule has 0 unspecified atom stereocenters. The second kappa shape index (κ2) is 10.3. The summed E-state index contributed by atoms with van der Waals surface area (Å²) in [5.41, 5.74) is 2.69. The molecule has 1 saturated heterocycles. The molecule has 3 rings (SSSR count). The highest BCUT2D eigenvalue weighted by Gasteiger charge is 2.18. The predicted molar refractivity (Wildman–Crippen MR) is 114 cm³/mol. The van der Waals surface area contributed by atoms with Crippen molar-refractivity contribution in [2.45, 2.75) is 32.0 Å². The lowest BCUT2D eigenvalue weighted by Gasteiger charge is -2.29. The molecule has 0 saturated carbocycles. The fourth-order valence-corrected chi connectivity index (χ4v) is 3.59. The second-order valence-electron chi connectivity index (χ2n) is 7.42. The largest absolute Gasteiger partial charge is 0.493 e. The fourth-order valence-electron chi connectivity index (χ4n) is 3.59. The minimum atomic E-state index is -0.217. The average Bonchev–Trinajstić information content (AvgIpc) is 2.78. The van der Waals surface area contributed by atoms with Crippen LogP contribution in [-0.4, -0.2) is 56.4 Å². The maximum Gasteiger partial charge on any atom is 0.251 e. The summed E-state index contributed by atoms with van der Waals surface area (Å²) in [6.07, 6.45) is 1.52. The van der Waals surface area contributed by atoms with Crippen LogP contribution in [0.2, 0.25) is 0 Å². The molecular weight excluding hydrogens is 384 g/mol. The Morgan fingerprint density at radius 2 is 1.57 bits per heavy atom. The molecule has 30 heavy (non-hydrogen) atoms. The summed E-state index contributed by atoms with van der Waals surface area (Å²) in [5, 5.41) is 12.6. The van der Waals surface area contributed by atoms with Gasteiger partial charge in [0.1, 0.15) is 0 Å². The highest BCUT2D eigenvalue weighted by Crippen LogP contribution is 2.38. The van der Waals surface area contributed by atoms with Crippen LogP contribution in [0.15, 0.2) is 36.4 Å². The maximum absolute atomic E-state index is 12.6. The number of likely N-dealkylation sites (tertiary alicyclic amines) is 1. The maximum atomic E-state index is 12.6. The number of aliphatic hydroxyl groups excluding tert-OH is 1. The molecular formula is C23H30N2O5. The number of benzene rings is 2. The average molecular weight is 415 g/mol. The first-order chi connectivity index (χ1) is 14.5. The zero-order valence-electron chi connectivity index (χ0n) is 17.8. The SMILES string of the molecule is COc1cc(C(=O)NCc2ccc(CN3CCC(O)CC3)cc2)cc(OC)c1OC. The number of aliphatic hydroxyl groups is 1. The number of methoxy groups -OCH3 is 3. The zero-order valence-corrected chi connectivity index (χ0v) is 17.8. The summed E-state index contributed by atoms with van der Waals surface area (Å²) in [4.78, 5) is 15.0. The number of carbonyl (C=O) groups excluding carboxylic acids is 1. The van der Waals surface area contributed by atoms with E-state index in [1.165, 1.54) is 26.9 Å². The van der Waals surface area contributed by atoms with E-state index >= 15 is 0 Å². The molecule has 1 aliphatic heterocycles. The van der Waals surface area contributed by atoms with Gasteiger partial charge in [0.05, 0.1) is 27.4 Å². The molecule has 0 aliphatic carbocycles. The number of nitrogens with one attached hydrogen (secondary N) is 1. The van der Waals surface area contributed by atoms with Crippen LogP contribution >= 0.6 is 0 Å². The van der Waals surface area contributed by atoms with Gasteiger partial charge in [-0.3, -0.25) is 9.69 Å². The Balaban J connectivity index is 1.58. The Labute approximate surface area is 177 Å². The van der Waals surface area contributed by atoms with E-state index < -0.39 is 0 Å². The van der Waals surface area contributed by atoms with Crippen molar-refractivity contribution in [1.82, 2.24) is 10.2 Å². The van der Waals surface area contributed by atoms with Crippen LogP contribution in [0.1, 0.15) is 34.3 Å². The normalized spacial score (nSPS) is 14.9. The molecule has 2 N–H and O–H groups in total. The predicted octanol–water partition coefficient (Wildman–Crippen LogP) is 2.60. The Bertz CT molecular complexity index is 820. The summed E-state index contributed by atoms with van der Waals surface area (Å²) in [7, 11) is 4.57. The lowest BCUT2D eigenvalue weighted by molar-refractivity contribution is 0.0792. The van der Waals surface area contributed by atoms with Crippen molar-refractivity contribution in [3.8, 4) is 17.2 Å². The molecule has 7 nitrogen and oxygen atoms in total. The quantitative estimate of drug-likeness (QED) is 0.691. The van der Waals surface area contributed by atoms with Crippen LogP contribution in [-0.2, 0) is 13.1 Å².